The Bertz CT molecular complexity index is 963. The normalized spacial score (nSPS) is 11.6. The van der Waals surface area contributed by atoms with Crippen LogP contribution in [0.5, 0.6) is 0 Å². The lowest BCUT2D eigenvalue weighted by Gasteiger charge is -2.08. The van der Waals surface area contributed by atoms with E-state index in [-0.39, 0.29) is 0 Å². The Kier molecular flexibility index (Phi) is 4.71. The number of imidazole rings is 1. The van der Waals surface area contributed by atoms with Crippen molar-refractivity contribution in [3.05, 3.63) is 59.8 Å². The molecule has 0 aliphatic rings. The highest BCUT2D eigenvalue weighted by molar-refractivity contribution is 7.98. The minimum Gasteiger partial charge on any atom is -0.299 e. The van der Waals surface area contributed by atoms with Crippen LogP contribution in [0.15, 0.2) is 64.6 Å². The summed E-state index contributed by atoms with van der Waals surface area (Å²) < 4.78 is 25.2. The van der Waals surface area contributed by atoms with Crippen molar-refractivity contribution in [1.82, 2.24) is 9.55 Å². The van der Waals surface area contributed by atoms with E-state index in [0.29, 0.717) is 9.92 Å². The first-order chi connectivity index (χ1) is 11.4. The molecule has 24 heavy (non-hydrogen) atoms. The first-order valence-corrected chi connectivity index (χ1v) is 10.6. The van der Waals surface area contributed by atoms with Crippen LogP contribution in [0, 0.1) is 0 Å². The molecular weight excluding hydrogens is 364 g/mol. The van der Waals surface area contributed by atoms with Gasteiger partial charge in [-0.05, 0) is 54.8 Å². The highest BCUT2D eigenvalue weighted by Gasteiger charge is 2.13. The van der Waals surface area contributed by atoms with Crippen LogP contribution in [0.4, 0.5) is 0 Å². The summed E-state index contributed by atoms with van der Waals surface area (Å²) in [4.78, 5) is 4.93. The first kappa shape index (κ1) is 17.1. The molecule has 0 saturated carbocycles. The van der Waals surface area contributed by atoms with Crippen LogP contribution in [0.2, 0.25) is 5.02 Å². The zero-order chi connectivity index (χ0) is 17.3. The largest absolute Gasteiger partial charge is 0.299 e. The molecule has 0 N–H and O–H groups in total. The third-order valence-corrected chi connectivity index (χ3v) is 5.53. The molecule has 1 heterocycles. The van der Waals surface area contributed by atoms with Crippen molar-refractivity contribution >= 4 is 33.2 Å². The quantitative estimate of drug-likeness (QED) is 0.634. The smallest absolute Gasteiger partial charge is 0.175 e. The van der Waals surface area contributed by atoms with Crippen molar-refractivity contribution in [3.8, 4) is 17.1 Å². The van der Waals surface area contributed by atoms with Gasteiger partial charge in [-0.2, -0.15) is 0 Å². The van der Waals surface area contributed by atoms with E-state index in [2.05, 4.69) is 4.98 Å². The van der Waals surface area contributed by atoms with E-state index in [4.69, 9.17) is 11.6 Å². The predicted octanol–water partition coefficient (Wildman–Crippen LogP) is 4.32. The summed E-state index contributed by atoms with van der Waals surface area (Å²) in [6.07, 6.45) is 5.11. The van der Waals surface area contributed by atoms with Gasteiger partial charge in [-0.25, -0.2) is 13.4 Å². The van der Waals surface area contributed by atoms with E-state index in [1.807, 2.05) is 41.3 Å². The predicted molar refractivity (Wildman–Crippen MR) is 98.9 cm³/mol. The molecule has 0 spiro atoms. The fourth-order valence-corrected chi connectivity index (χ4v) is 3.46. The van der Waals surface area contributed by atoms with Crippen molar-refractivity contribution in [2.45, 2.75) is 9.92 Å². The van der Waals surface area contributed by atoms with Gasteiger partial charge < -0.3 is 0 Å². The van der Waals surface area contributed by atoms with E-state index in [9.17, 15) is 8.42 Å². The van der Waals surface area contributed by atoms with Crippen molar-refractivity contribution in [2.24, 2.45) is 0 Å². The molecule has 0 unspecified atom stereocenters. The molecule has 3 aromatic rings. The van der Waals surface area contributed by atoms with Gasteiger partial charge in [0.25, 0.3) is 0 Å². The monoisotopic (exact) mass is 378 g/mol. The number of thioether (sulfide) groups is 1. The highest BCUT2D eigenvalue weighted by Crippen LogP contribution is 2.27. The Balaban J connectivity index is 2.10. The molecular formula is C17H15ClN2O2S2. The second-order valence-electron chi connectivity index (χ2n) is 5.25. The Morgan fingerprint density at radius 2 is 1.67 bits per heavy atom. The highest BCUT2D eigenvalue weighted by atomic mass is 35.5. The fraction of sp³-hybridized carbons (Fsp3) is 0.118. The number of aromatic nitrogens is 2. The molecule has 0 saturated heterocycles. The van der Waals surface area contributed by atoms with Gasteiger partial charge in [0, 0.05) is 28.7 Å². The van der Waals surface area contributed by atoms with Gasteiger partial charge in [0.15, 0.2) is 9.84 Å². The standard InChI is InChI=1S/C17H15ClN2O2S2/c1-23-16-11-20(14-7-5-13(18)6-8-14)17(19-16)12-3-9-15(10-4-12)24(2,21)22/h3-11H,1-2H3. The summed E-state index contributed by atoms with van der Waals surface area (Å²) in [5, 5.41) is 1.55. The molecule has 124 valence electrons. The Hall–Kier alpha value is -1.76. The number of halogens is 1. The Morgan fingerprint density at radius 1 is 1.04 bits per heavy atom. The summed E-state index contributed by atoms with van der Waals surface area (Å²) in [6, 6.07) is 14.2. The summed E-state index contributed by atoms with van der Waals surface area (Å²) in [7, 11) is -3.21. The molecule has 0 fully saturated rings. The van der Waals surface area contributed by atoms with Crippen LogP contribution in [0.3, 0.4) is 0 Å². The van der Waals surface area contributed by atoms with Gasteiger partial charge in [-0.15, -0.1) is 11.8 Å². The van der Waals surface area contributed by atoms with Crippen LogP contribution >= 0.6 is 23.4 Å². The van der Waals surface area contributed by atoms with Crippen LogP contribution in [-0.4, -0.2) is 30.5 Å². The van der Waals surface area contributed by atoms with Crippen molar-refractivity contribution in [2.75, 3.05) is 12.5 Å². The molecule has 7 heteroatoms. The molecule has 0 radical (unpaired) electrons. The molecule has 3 rings (SSSR count). The topological polar surface area (TPSA) is 52.0 Å². The van der Waals surface area contributed by atoms with Crippen LogP contribution in [0.25, 0.3) is 17.1 Å². The average Bonchev–Trinajstić information content (AvgIpc) is 2.99. The number of benzene rings is 2. The molecule has 4 nitrogen and oxygen atoms in total. The summed E-state index contributed by atoms with van der Waals surface area (Å²) in [5.74, 6) is 0.752. The molecule has 0 bridgehead atoms. The van der Waals surface area contributed by atoms with Crippen molar-refractivity contribution in [3.63, 3.8) is 0 Å². The zero-order valence-corrected chi connectivity index (χ0v) is 15.5. The minimum atomic E-state index is -3.21. The maximum atomic E-state index is 11.6. The third kappa shape index (κ3) is 3.50. The van der Waals surface area contributed by atoms with Crippen molar-refractivity contribution in [1.29, 1.82) is 0 Å². The van der Waals surface area contributed by atoms with Gasteiger partial charge >= 0.3 is 0 Å². The first-order valence-electron chi connectivity index (χ1n) is 7.08. The van der Waals surface area contributed by atoms with Gasteiger partial charge in [-0.1, -0.05) is 11.6 Å². The van der Waals surface area contributed by atoms with E-state index in [0.717, 1.165) is 22.1 Å². The zero-order valence-electron chi connectivity index (χ0n) is 13.1. The number of rotatable bonds is 4. The average molecular weight is 379 g/mol. The Morgan fingerprint density at radius 3 is 2.21 bits per heavy atom. The van der Waals surface area contributed by atoms with Gasteiger partial charge in [0.05, 0.1) is 4.90 Å². The molecule has 1 aromatic heterocycles. The van der Waals surface area contributed by atoms with Gasteiger partial charge in [0.1, 0.15) is 10.9 Å². The number of hydrogen-bond acceptors (Lipinski definition) is 4. The second kappa shape index (κ2) is 6.63. The fourth-order valence-electron chi connectivity index (χ4n) is 2.31. The lowest BCUT2D eigenvalue weighted by atomic mass is 10.2. The van der Waals surface area contributed by atoms with Crippen LogP contribution in [-0.2, 0) is 9.84 Å². The molecule has 0 atom stereocenters. The summed E-state index contributed by atoms with van der Waals surface area (Å²) >= 11 is 7.51. The van der Waals surface area contributed by atoms with Gasteiger partial charge in [-0.3, -0.25) is 4.57 Å². The van der Waals surface area contributed by atoms with Crippen LogP contribution < -0.4 is 0 Å². The number of hydrogen-bond donors (Lipinski definition) is 0. The van der Waals surface area contributed by atoms with E-state index >= 15 is 0 Å². The summed E-state index contributed by atoms with van der Waals surface area (Å²) in [6.45, 7) is 0. The molecule has 0 amide bonds. The lowest BCUT2D eigenvalue weighted by molar-refractivity contribution is 0.602. The van der Waals surface area contributed by atoms with Crippen molar-refractivity contribution < 1.29 is 8.42 Å². The number of sulfone groups is 1. The molecule has 0 aliphatic carbocycles. The second-order valence-corrected chi connectivity index (χ2v) is 8.53. The van der Waals surface area contributed by atoms with Crippen LogP contribution in [0.1, 0.15) is 0 Å². The summed E-state index contributed by atoms with van der Waals surface area (Å²) in [5.41, 5.74) is 1.78. The maximum Gasteiger partial charge on any atom is 0.175 e. The SMILES string of the molecule is CSc1cn(-c2ccc(Cl)cc2)c(-c2ccc(S(C)(=O)=O)cc2)n1. The molecule has 0 aliphatic heterocycles. The third-order valence-electron chi connectivity index (χ3n) is 3.54. The lowest BCUT2D eigenvalue weighted by Crippen LogP contribution is -1.98. The maximum absolute atomic E-state index is 11.6. The van der Waals surface area contributed by atoms with E-state index in [1.54, 1.807) is 36.0 Å². The van der Waals surface area contributed by atoms with E-state index in [1.165, 1.54) is 6.26 Å². The minimum absolute atomic E-state index is 0.293. The molecule has 2 aromatic carbocycles. The Labute approximate surface area is 150 Å². The van der Waals surface area contributed by atoms with E-state index < -0.39 is 9.84 Å². The van der Waals surface area contributed by atoms with Gasteiger partial charge in [0.2, 0.25) is 0 Å². The number of nitrogens with zero attached hydrogens (tertiary/aromatic N) is 2.